The Morgan fingerprint density at radius 1 is 1.27 bits per heavy atom. The Labute approximate surface area is 174 Å². The molecule has 0 aliphatic rings. The number of carbonyl (C=O) groups excluding carboxylic acids is 1. The van der Waals surface area contributed by atoms with Gasteiger partial charge in [-0.1, -0.05) is 31.5 Å². The Morgan fingerprint density at radius 3 is 2.73 bits per heavy atom. The highest BCUT2D eigenvalue weighted by atomic mass is 19.1. The number of halogens is 1. The third-order valence-corrected chi connectivity index (χ3v) is 4.94. The predicted molar refractivity (Wildman–Crippen MR) is 111 cm³/mol. The van der Waals surface area contributed by atoms with Gasteiger partial charge in [0.05, 0.1) is 6.61 Å². The average molecular weight is 415 g/mol. The van der Waals surface area contributed by atoms with Crippen LogP contribution in [0, 0.1) is 5.82 Å². The highest BCUT2D eigenvalue weighted by molar-refractivity contribution is 5.94. The zero-order chi connectivity index (χ0) is 21.7. The molecule has 0 bridgehead atoms. The average Bonchev–Trinajstić information content (AvgIpc) is 3.13. The van der Waals surface area contributed by atoms with Crippen LogP contribution in [0.25, 0.3) is 22.1 Å². The molecule has 1 unspecified atom stereocenters. The number of fused-ring (bicyclic) bond motifs is 1. The molecule has 1 aromatic heterocycles. The fourth-order valence-electron chi connectivity index (χ4n) is 3.59. The third kappa shape index (κ3) is 4.63. The minimum absolute atomic E-state index is 0.195. The molecule has 3 aromatic rings. The van der Waals surface area contributed by atoms with Crippen molar-refractivity contribution in [2.24, 2.45) is 5.73 Å². The molecule has 3 rings (SSSR count). The maximum absolute atomic E-state index is 15.6. The number of aliphatic hydroxyl groups excluding tert-OH is 1. The van der Waals surface area contributed by atoms with Crippen molar-refractivity contribution < 1.29 is 28.2 Å². The molecule has 0 aliphatic heterocycles. The maximum Gasteiger partial charge on any atom is 0.405 e. The second-order valence-corrected chi connectivity index (χ2v) is 7.14. The van der Waals surface area contributed by atoms with Gasteiger partial charge in [-0.2, -0.15) is 0 Å². The van der Waals surface area contributed by atoms with Gasteiger partial charge < -0.3 is 24.7 Å². The Hall–Kier alpha value is -2.90. The van der Waals surface area contributed by atoms with Crippen LogP contribution in [0.3, 0.4) is 0 Å². The summed E-state index contributed by atoms with van der Waals surface area (Å²) in [6, 6.07) is 10.2. The summed E-state index contributed by atoms with van der Waals surface area (Å²) in [6.45, 7) is 2.08. The zero-order valence-corrected chi connectivity index (χ0v) is 17.1. The lowest BCUT2D eigenvalue weighted by Gasteiger charge is -2.19. The molecule has 2 aromatic carbocycles. The Bertz CT molecular complexity index is 1030. The molecule has 1 heterocycles. The van der Waals surface area contributed by atoms with E-state index in [9.17, 15) is 9.90 Å². The van der Waals surface area contributed by atoms with Crippen LogP contribution >= 0.6 is 0 Å². The molecule has 1 atom stereocenters. The van der Waals surface area contributed by atoms with Crippen molar-refractivity contribution >= 4 is 17.1 Å². The fraction of sp³-hybridized carbons (Fsp3) is 0.348. The molecule has 0 saturated carbocycles. The molecule has 0 radical (unpaired) electrons. The van der Waals surface area contributed by atoms with E-state index in [-0.39, 0.29) is 18.8 Å². The first-order valence-electron chi connectivity index (χ1n) is 9.88. The predicted octanol–water partition coefficient (Wildman–Crippen LogP) is 5.20. The normalized spacial score (nSPS) is 12.3. The van der Waals surface area contributed by atoms with Crippen LogP contribution in [-0.2, 0) is 22.7 Å². The minimum Gasteiger partial charge on any atom is -0.458 e. The van der Waals surface area contributed by atoms with E-state index in [4.69, 9.17) is 19.6 Å². The van der Waals surface area contributed by atoms with Gasteiger partial charge in [0.15, 0.2) is 0 Å². The van der Waals surface area contributed by atoms with Gasteiger partial charge in [-0.3, -0.25) is 0 Å². The van der Waals surface area contributed by atoms with Crippen molar-refractivity contribution in [3.05, 3.63) is 59.1 Å². The first-order valence-corrected chi connectivity index (χ1v) is 9.88. The van der Waals surface area contributed by atoms with E-state index >= 15 is 4.39 Å². The number of carbonyl (C=O) groups is 1. The van der Waals surface area contributed by atoms with Gasteiger partial charge in [0.1, 0.15) is 29.9 Å². The van der Waals surface area contributed by atoms with Crippen molar-refractivity contribution in [3.63, 3.8) is 0 Å². The number of rotatable bonds is 9. The van der Waals surface area contributed by atoms with Gasteiger partial charge in [0, 0.05) is 29.2 Å². The van der Waals surface area contributed by atoms with E-state index in [1.165, 1.54) is 0 Å². The van der Waals surface area contributed by atoms with Gasteiger partial charge in [-0.05, 0) is 36.6 Å². The van der Waals surface area contributed by atoms with E-state index in [1.54, 1.807) is 37.4 Å². The number of benzene rings is 2. The summed E-state index contributed by atoms with van der Waals surface area (Å²) in [5.74, 6) is 0.0826. The van der Waals surface area contributed by atoms with E-state index in [0.29, 0.717) is 34.5 Å². The maximum atomic E-state index is 15.6. The SMILES string of the molecule is CCCCC(OC(N)=O)c1cccc(-c2cc(CO)cc3cc(COC)oc23)c1F. The molecule has 160 valence electrons. The lowest BCUT2D eigenvalue weighted by atomic mass is 9.95. The number of furan rings is 1. The molecular weight excluding hydrogens is 389 g/mol. The monoisotopic (exact) mass is 415 g/mol. The molecule has 6 nitrogen and oxygen atoms in total. The van der Waals surface area contributed by atoms with Crippen molar-refractivity contribution in [1.82, 2.24) is 0 Å². The second-order valence-electron chi connectivity index (χ2n) is 7.14. The van der Waals surface area contributed by atoms with Crippen molar-refractivity contribution in [3.8, 4) is 11.1 Å². The molecule has 1 amide bonds. The van der Waals surface area contributed by atoms with Crippen LogP contribution in [0.2, 0.25) is 0 Å². The van der Waals surface area contributed by atoms with Gasteiger partial charge in [-0.15, -0.1) is 0 Å². The Balaban J connectivity index is 2.14. The lowest BCUT2D eigenvalue weighted by molar-refractivity contribution is 0.0976. The number of methoxy groups -OCH3 is 1. The fourth-order valence-corrected chi connectivity index (χ4v) is 3.59. The van der Waals surface area contributed by atoms with Crippen molar-refractivity contribution in [2.75, 3.05) is 7.11 Å². The summed E-state index contributed by atoms with van der Waals surface area (Å²) in [4.78, 5) is 11.4. The summed E-state index contributed by atoms with van der Waals surface area (Å²) in [5.41, 5.74) is 7.39. The summed E-state index contributed by atoms with van der Waals surface area (Å²) in [7, 11) is 1.56. The number of hydrogen-bond acceptors (Lipinski definition) is 5. The number of unbranched alkanes of at least 4 members (excludes halogenated alkanes) is 1. The first-order chi connectivity index (χ1) is 14.5. The first kappa shape index (κ1) is 21.8. The Morgan fingerprint density at radius 2 is 2.07 bits per heavy atom. The van der Waals surface area contributed by atoms with Crippen LogP contribution in [0.4, 0.5) is 9.18 Å². The van der Waals surface area contributed by atoms with E-state index in [1.807, 2.05) is 13.0 Å². The van der Waals surface area contributed by atoms with Crippen LogP contribution < -0.4 is 5.73 Å². The minimum atomic E-state index is -0.944. The van der Waals surface area contributed by atoms with Gasteiger partial charge in [-0.25, -0.2) is 9.18 Å². The van der Waals surface area contributed by atoms with Gasteiger partial charge in [0.2, 0.25) is 0 Å². The molecule has 0 saturated heterocycles. The number of primary amides is 1. The quantitative estimate of drug-likeness (QED) is 0.501. The van der Waals surface area contributed by atoms with Crippen LogP contribution in [-0.4, -0.2) is 18.3 Å². The molecule has 0 fully saturated rings. The topological polar surface area (TPSA) is 94.9 Å². The van der Waals surface area contributed by atoms with Crippen molar-refractivity contribution in [2.45, 2.75) is 45.5 Å². The van der Waals surface area contributed by atoms with E-state index in [0.717, 1.165) is 18.2 Å². The molecule has 0 aliphatic carbocycles. The number of aliphatic hydroxyl groups is 1. The van der Waals surface area contributed by atoms with E-state index in [2.05, 4.69) is 0 Å². The molecule has 7 heteroatoms. The second kappa shape index (κ2) is 9.73. The number of nitrogens with two attached hydrogens (primary N) is 1. The standard InChI is InChI=1S/C23H26FNO5/c1-3-4-8-20(30-23(25)27)18-7-5-6-17(21(18)24)19-10-14(12-26)9-15-11-16(13-28-2)29-22(15)19/h5-7,9-11,20,26H,3-4,8,12-13H2,1-2H3,(H2,25,27). The Kier molecular flexibility index (Phi) is 7.07. The summed E-state index contributed by atoms with van der Waals surface area (Å²) in [5, 5.41) is 10.4. The molecule has 0 spiro atoms. The third-order valence-electron chi connectivity index (χ3n) is 4.94. The molecule has 3 N–H and O–H groups in total. The van der Waals surface area contributed by atoms with Crippen LogP contribution in [0.15, 0.2) is 40.8 Å². The largest absolute Gasteiger partial charge is 0.458 e. The van der Waals surface area contributed by atoms with Crippen molar-refractivity contribution in [1.29, 1.82) is 0 Å². The van der Waals surface area contributed by atoms with Gasteiger partial charge >= 0.3 is 6.09 Å². The smallest absolute Gasteiger partial charge is 0.405 e. The number of hydrogen-bond donors (Lipinski definition) is 2. The lowest BCUT2D eigenvalue weighted by Crippen LogP contribution is -2.18. The summed E-state index contributed by atoms with van der Waals surface area (Å²) < 4.78 is 31.9. The zero-order valence-electron chi connectivity index (χ0n) is 17.1. The molecular formula is C23H26FNO5. The highest BCUT2D eigenvalue weighted by Crippen LogP contribution is 2.37. The molecule has 30 heavy (non-hydrogen) atoms. The van der Waals surface area contributed by atoms with Crippen LogP contribution in [0.1, 0.15) is 49.2 Å². The van der Waals surface area contributed by atoms with E-state index < -0.39 is 18.0 Å². The summed E-state index contributed by atoms with van der Waals surface area (Å²) in [6.07, 6.45) is 0.364. The van der Waals surface area contributed by atoms with Gasteiger partial charge in [0.25, 0.3) is 0 Å². The number of ether oxygens (including phenoxy) is 2. The number of amides is 1. The van der Waals surface area contributed by atoms with Crippen LogP contribution in [0.5, 0.6) is 0 Å². The highest BCUT2D eigenvalue weighted by Gasteiger charge is 2.23. The summed E-state index contributed by atoms with van der Waals surface area (Å²) >= 11 is 0.